The first-order valence-corrected chi connectivity index (χ1v) is 11.3. The number of hydrogen-bond donors (Lipinski definition) is 1. The standard InChI is InChI=1S/C27H22ClN3O4/c1-3-33-24-14-18(12-19(15-29)27-31-22-9-4-5-10-23(22)35-27)13-21(28)26(24)34-16-25(32)30-20-8-6-7-17(2)11-20/h4-14H,3,16H2,1-2H3,(H,30,32)/b19-12+. The zero-order chi connectivity index (χ0) is 24.8. The number of aryl methyl sites for hydroxylation is 1. The summed E-state index contributed by atoms with van der Waals surface area (Å²) >= 11 is 6.48. The minimum Gasteiger partial charge on any atom is -0.490 e. The van der Waals surface area contributed by atoms with E-state index < -0.39 is 0 Å². The minimum absolute atomic E-state index is 0.205. The molecule has 8 heteroatoms. The molecule has 0 radical (unpaired) electrons. The second-order valence-electron chi connectivity index (χ2n) is 7.63. The number of oxazole rings is 1. The fourth-order valence-corrected chi connectivity index (χ4v) is 3.70. The molecule has 7 nitrogen and oxygen atoms in total. The molecular weight excluding hydrogens is 466 g/mol. The number of hydrogen-bond acceptors (Lipinski definition) is 6. The number of carbonyl (C=O) groups is 1. The molecule has 0 aliphatic heterocycles. The maximum Gasteiger partial charge on any atom is 0.262 e. The average Bonchev–Trinajstić information content (AvgIpc) is 3.26. The number of nitriles is 1. The van der Waals surface area contributed by atoms with Crippen LogP contribution in [0.3, 0.4) is 0 Å². The van der Waals surface area contributed by atoms with Crippen molar-refractivity contribution in [1.82, 2.24) is 4.98 Å². The molecule has 0 saturated heterocycles. The van der Waals surface area contributed by atoms with Crippen LogP contribution in [0.4, 0.5) is 5.69 Å². The fraction of sp³-hybridized carbons (Fsp3) is 0.148. The quantitative estimate of drug-likeness (QED) is 0.294. The molecule has 0 bridgehead atoms. The summed E-state index contributed by atoms with van der Waals surface area (Å²) in [5.74, 6) is 0.464. The van der Waals surface area contributed by atoms with Gasteiger partial charge in [0.15, 0.2) is 23.7 Å². The number of nitrogens with one attached hydrogen (secondary N) is 1. The van der Waals surface area contributed by atoms with Gasteiger partial charge in [-0.2, -0.15) is 5.26 Å². The third-order valence-electron chi connectivity index (χ3n) is 4.94. The van der Waals surface area contributed by atoms with E-state index in [2.05, 4.69) is 16.4 Å². The van der Waals surface area contributed by atoms with Crippen LogP contribution in [0.5, 0.6) is 11.5 Å². The molecule has 1 N–H and O–H groups in total. The zero-order valence-corrected chi connectivity index (χ0v) is 19.9. The number of para-hydroxylation sites is 2. The number of aromatic nitrogens is 1. The van der Waals surface area contributed by atoms with Crippen molar-refractivity contribution in [3.8, 4) is 17.6 Å². The number of rotatable bonds is 8. The Kier molecular flexibility index (Phi) is 7.34. The van der Waals surface area contributed by atoms with E-state index in [0.29, 0.717) is 34.7 Å². The van der Waals surface area contributed by atoms with Crippen LogP contribution in [0.15, 0.2) is 65.1 Å². The van der Waals surface area contributed by atoms with Gasteiger partial charge < -0.3 is 19.2 Å². The highest BCUT2D eigenvalue weighted by Gasteiger charge is 2.16. The minimum atomic E-state index is -0.333. The largest absolute Gasteiger partial charge is 0.490 e. The number of nitrogens with zero attached hydrogens (tertiary/aromatic N) is 2. The number of allylic oxidation sites excluding steroid dienone is 1. The highest BCUT2D eigenvalue weighted by molar-refractivity contribution is 6.32. The van der Waals surface area contributed by atoms with Gasteiger partial charge in [0, 0.05) is 5.69 Å². The molecule has 1 aromatic heterocycles. The van der Waals surface area contributed by atoms with Gasteiger partial charge in [-0.1, -0.05) is 35.9 Å². The number of ether oxygens (including phenoxy) is 2. The number of amides is 1. The number of fused-ring (bicyclic) bond motifs is 1. The molecule has 0 spiro atoms. The van der Waals surface area contributed by atoms with Crippen molar-refractivity contribution in [2.24, 2.45) is 0 Å². The summed E-state index contributed by atoms with van der Waals surface area (Å²) in [5, 5.41) is 12.7. The normalized spacial score (nSPS) is 11.2. The Hall–Kier alpha value is -4.28. The molecule has 4 rings (SSSR count). The number of anilines is 1. The molecule has 1 amide bonds. The summed E-state index contributed by atoms with van der Waals surface area (Å²) in [5.41, 5.74) is 3.77. The molecule has 0 aliphatic rings. The lowest BCUT2D eigenvalue weighted by Crippen LogP contribution is -2.20. The lowest BCUT2D eigenvalue weighted by molar-refractivity contribution is -0.118. The van der Waals surface area contributed by atoms with Crippen molar-refractivity contribution in [2.45, 2.75) is 13.8 Å². The van der Waals surface area contributed by atoms with E-state index in [4.69, 9.17) is 25.5 Å². The topological polar surface area (TPSA) is 97.4 Å². The second-order valence-corrected chi connectivity index (χ2v) is 8.03. The third kappa shape index (κ3) is 5.81. The van der Waals surface area contributed by atoms with Crippen molar-refractivity contribution >= 4 is 45.9 Å². The average molecular weight is 488 g/mol. The predicted octanol–water partition coefficient (Wildman–Crippen LogP) is 6.27. The van der Waals surface area contributed by atoms with E-state index in [-0.39, 0.29) is 34.8 Å². The summed E-state index contributed by atoms with van der Waals surface area (Å²) in [4.78, 5) is 16.8. The van der Waals surface area contributed by atoms with E-state index in [9.17, 15) is 10.1 Å². The molecule has 3 aromatic carbocycles. The summed E-state index contributed by atoms with van der Waals surface area (Å²) < 4.78 is 17.1. The van der Waals surface area contributed by atoms with E-state index in [1.165, 1.54) is 0 Å². The number of halogens is 1. The number of carbonyl (C=O) groups excluding carboxylic acids is 1. The Bertz CT molecular complexity index is 1420. The molecule has 1 heterocycles. The van der Waals surface area contributed by atoms with Crippen molar-refractivity contribution in [3.05, 3.63) is 82.7 Å². The van der Waals surface area contributed by atoms with Gasteiger partial charge in [-0.3, -0.25) is 4.79 Å². The SMILES string of the molecule is CCOc1cc(/C=C(\C#N)c2nc3ccccc3o2)cc(Cl)c1OCC(=O)Nc1cccc(C)c1. The molecule has 176 valence electrons. The molecule has 0 unspecified atom stereocenters. The first kappa shape index (κ1) is 23.9. The van der Waals surface area contributed by atoms with E-state index in [1.54, 1.807) is 30.3 Å². The zero-order valence-electron chi connectivity index (χ0n) is 19.2. The van der Waals surface area contributed by atoms with Crippen LogP contribution in [-0.2, 0) is 4.79 Å². The first-order valence-electron chi connectivity index (χ1n) is 10.9. The Balaban J connectivity index is 1.56. The maximum atomic E-state index is 12.4. The van der Waals surface area contributed by atoms with Crippen LogP contribution >= 0.6 is 11.6 Å². The highest BCUT2D eigenvalue weighted by Crippen LogP contribution is 2.38. The molecule has 4 aromatic rings. The van der Waals surface area contributed by atoms with Gasteiger partial charge in [0.2, 0.25) is 5.89 Å². The monoisotopic (exact) mass is 487 g/mol. The van der Waals surface area contributed by atoms with Crippen LogP contribution < -0.4 is 14.8 Å². The lowest BCUT2D eigenvalue weighted by Gasteiger charge is -2.14. The van der Waals surface area contributed by atoms with Crippen LogP contribution in [-0.4, -0.2) is 24.1 Å². The smallest absolute Gasteiger partial charge is 0.262 e. The summed E-state index contributed by atoms with van der Waals surface area (Å²) in [7, 11) is 0. The van der Waals surface area contributed by atoms with Crippen LogP contribution in [0.1, 0.15) is 23.9 Å². The van der Waals surface area contributed by atoms with Gasteiger partial charge in [-0.15, -0.1) is 0 Å². The Morgan fingerprint density at radius 3 is 2.74 bits per heavy atom. The lowest BCUT2D eigenvalue weighted by atomic mass is 10.1. The van der Waals surface area contributed by atoms with Gasteiger partial charge in [0.1, 0.15) is 17.2 Å². The Labute approximate surface area is 207 Å². The Morgan fingerprint density at radius 2 is 2.00 bits per heavy atom. The molecule has 0 saturated carbocycles. The highest BCUT2D eigenvalue weighted by atomic mass is 35.5. The third-order valence-corrected chi connectivity index (χ3v) is 5.22. The predicted molar refractivity (Wildman–Crippen MR) is 135 cm³/mol. The van der Waals surface area contributed by atoms with Crippen molar-refractivity contribution in [3.63, 3.8) is 0 Å². The maximum absolute atomic E-state index is 12.4. The van der Waals surface area contributed by atoms with Crippen molar-refractivity contribution < 1.29 is 18.7 Å². The van der Waals surface area contributed by atoms with Crippen LogP contribution in [0.25, 0.3) is 22.7 Å². The van der Waals surface area contributed by atoms with Gasteiger partial charge in [-0.05, 0) is 67.4 Å². The van der Waals surface area contributed by atoms with E-state index in [0.717, 1.165) is 5.56 Å². The molecule has 0 fully saturated rings. The van der Waals surface area contributed by atoms with Crippen LogP contribution in [0.2, 0.25) is 5.02 Å². The Morgan fingerprint density at radius 1 is 1.17 bits per heavy atom. The van der Waals surface area contributed by atoms with Gasteiger partial charge in [-0.25, -0.2) is 4.98 Å². The van der Waals surface area contributed by atoms with Crippen molar-refractivity contribution in [1.29, 1.82) is 5.26 Å². The van der Waals surface area contributed by atoms with E-state index >= 15 is 0 Å². The van der Waals surface area contributed by atoms with Crippen molar-refractivity contribution in [2.75, 3.05) is 18.5 Å². The number of benzene rings is 3. The summed E-state index contributed by atoms with van der Waals surface area (Å²) in [6, 6.07) is 20.2. The van der Waals surface area contributed by atoms with E-state index in [1.807, 2.05) is 50.2 Å². The first-order chi connectivity index (χ1) is 17.0. The second kappa shape index (κ2) is 10.8. The van der Waals surface area contributed by atoms with Gasteiger partial charge >= 0.3 is 0 Å². The molecular formula is C27H22ClN3O4. The van der Waals surface area contributed by atoms with Gasteiger partial charge in [0.05, 0.1) is 11.6 Å². The van der Waals surface area contributed by atoms with Gasteiger partial charge in [0.25, 0.3) is 5.91 Å². The summed E-state index contributed by atoms with van der Waals surface area (Å²) in [6.45, 7) is 3.86. The fourth-order valence-electron chi connectivity index (χ4n) is 3.43. The molecule has 0 atom stereocenters. The van der Waals surface area contributed by atoms with Crippen LogP contribution in [0, 0.1) is 18.3 Å². The molecule has 0 aliphatic carbocycles. The molecule has 35 heavy (non-hydrogen) atoms. The summed E-state index contributed by atoms with van der Waals surface area (Å²) in [6.07, 6.45) is 1.60.